The predicted molar refractivity (Wildman–Crippen MR) is 81.5 cm³/mol. The molecule has 18 heavy (non-hydrogen) atoms. The number of nitrogens with zero attached hydrogens (tertiary/aromatic N) is 1. The SMILES string of the molecule is Nc1ccc2nc(Nc3cccc(Br)c3)sc2c1. The van der Waals surface area contributed by atoms with Gasteiger partial charge in [0.1, 0.15) is 0 Å². The molecule has 90 valence electrons. The van der Waals surface area contributed by atoms with Gasteiger partial charge in [0.15, 0.2) is 5.13 Å². The van der Waals surface area contributed by atoms with E-state index in [2.05, 4.69) is 26.2 Å². The third kappa shape index (κ3) is 2.32. The Balaban J connectivity index is 1.95. The fourth-order valence-electron chi connectivity index (χ4n) is 1.68. The minimum Gasteiger partial charge on any atom is -0.399 e. The van der Waals surface area contributed by atoms with E-state index in [-0.39, 0.29) is 0 Å². The molecule has 0 aliphatic carbocycles. The number of nitrogen functional groups attached to an aromatic ring is 1. The predicted octanol–water partition coefficient (Wildman–Crippen LogP) is 4.38. The quantitative estimate of drug-likeness (QED) is 0.689. The van der Waals surface area contributed by atoms with Crippen molar-refractivity contribution in [3.05, 3.63) is 46.9 Å². The molecule has 3 nitrogen and oxygen atoms in total. The Morgan fingerprint density at radius 2 is 2.06 bits per heavy atom. The lowest BCUT2D eigenvalue weighted by Crippen LogP contribution is -1.88. The first-order valence-corrected chi connectivity index (χ1v) is 7.00. The summed E-state index contributed by atoms with van der Waals surface area (Å²) in [5, 5.41) is 4.16. The molecule has 5 heteroatoms. The van der Waals surface area contributed by atoms with E-state index in [0.29, 0.717) is 0 Å². The fourth-order valence-corrected chi connectivity index (χ4v) is 3.02. The van der Waals surface area contributed by atoms with E-state index < -0.39 is 0 Å². The summed E-state index contributed by atoms with van der Waals surface area (Å²) in [5.41, 5.74) is 8.50. The van der Waals surface area contributed by atoms with E-state index in [1.807, 2.05) is 42.5 Å². The Hall–Kier alpha value is -1.59. The van der Waals surface area contributed by atoms with Crippen LogP contribution >= 0.6 is 27.3 Å². The van der Waals surface area contributed by atoms with Crippen LogP contribution < -0.4 is 11.1 Å². The second-order valence-corrected chi connectivity index (χ2v) is 5.83. The van der Waals surface area contributed by atoms with E-state index in [4.69, 9.17) is 5.73 Å². The van der Waals surface area contributed by atoms with Gasteiger partial charge < -0.3 is 11.1 Å². The number of thiazole rings is 1. The third-order valence-electron chi connectivity index (χ3n) is 2.49. The highest BCUT2D eigenvalue weighted by atomic mass is 79.9. The molecule has 1 aromatic heterocycles. The zero-order valence-electron chi connectivity index (χ0n) is 9.35. The van der Waals surface area contributed by atoms with Gasteiger partial charge in [-0.25, -0.2) is 4.98 Å². The second kappa shape index (κ2) is 4.59. The Bertz CT molecular complexity index is 708. The number of aromatic nitrogens is 1. The molecule has 2 aromatic carbocycles. The molecule has 0 spiro atoms. The average molecular weight is 320 g/mol. The standard InChI is InChI=1S/C13H10BrN3S/c14-8-2-1-3-10(6-8)16-13-17-11-5-4-9(15)7-12(11)18-13/h1-7H,15H2,(H,16,17). The van der Waals surface area contributed by atoms with Crippen LogP contribution in [-0.4, -0.2) is 4.98 Å². The zero-order valence-corrected chi connectivity index (χ0v) is 11.8. The highest BCUT2D eigenvalue weighted by Crippen LogP contribution is 2.30. The molecule has 0 radical (unpaired) electrons. The second-order valence-electron chi connectivity index (χ2n) is 3.88. The summed E-state index contributed by atoms with van der Waals surface area (Å²) < 4.78 is 2.13. The molecule has 0 saturated heterocycles. The maximum atomic E-state index is 5.76. The van der Waals surface area contributed by atoms with Crippen LogP contribution in [0.4, 0.5) is 16.5 Å². The van der Waals surface area contributed by atoms with Crippen molar-refractivity contribution in [3.8, 4) is 0 Å². The van der Waals surface area contributed by atoms with Crippen LogP contribution in [-0.2, 0) is 0 Å². The van der Waals surface area contributed by atoms with E-state index in [1.54, 1.807) is 11.3 Å². The van der Waals surface area contributed by atoms with Crippen molar-refractivity contribution in [1.29, 1.82) is 0 Å². The molecular formula is C13H10BrN3S. The van der Waals surface area contributed by atoms with Crippen molar-refractivity contribution >= 4 is 54.0 Å². The normalized spacial score (nSPS) is 10.7. The molecular weight excluding hydrogens is 310 g/mol. The molecule has 1 heterocycles. The maximum Gasteiger partial charge on any atom is 0.188 e. The smallest absolute Gasteiger partial charge is 0.188 e. The highest BCUT2D eigenvalue weighted by Gasteiger charge is 2.04. The highest BCUT2D eigenvalue weighted by molar-refractivity contribution is 9.10. The average Bonchev–Trinajstić information content (AvgIpc) is 2.70. The van der Waals surface area contributed by atoms with Crippen LogP contribution in [0.15, 0.2) is 46.9 Å². The van der Waals surface area contributed by atoms with Gasteiger partial charge >= 0.3 is 0 Å². The van der Waals surface area contributed by atoms with Crippen LogP contribution in [0, 0.1) is 0 Å². The minimum atomic E-state index is 0.764. The lowest BCUT2D eigenvalue weighted by atomic mass is 10.3. The topological polar surface area (TPSA) is 50.9 Å². The molecule has 0 fully saturated rings. The number of fused-ring (bicyclic) bond motifs is 1. The van der Waals surface area contributed by atoms with Gasteiger partial charge in [0.25, 0.3) is 0 Å². The molecule has 0 atom stereocenters. The Labute approximate surface area is 117 Å². The number of hydrogen-bond acceptors (Lipinski definition) is 4. The number of hydrogen-bond donors (Lipinski definition) is 2. The van der Waals surface area contributed by atoms with Crippen molar-refractivity contribution in [2.75, 3.05) is 11.1 Å². The largest absolute Gasteiger partial charge is 0.399 e. The van der Waals surface area contributed by atoms with E-state index in [1.165, 1.54) is 0 Å². The number of nitrogens with one attached hydrogen (secondary N) is 1. The number of halogens is 1. The lowest BCUT2D eigenvalue weighted by molar-refractivity contribution is 1.44. The van der Waals surface area contributed by atoms with Gasteiger partial charge in [0.2, 0.25) is 0 Å². The van der Waals surface area contributed by atoms with Crippen LogP contribution in [0.3, 0.4) is 0 Å². The molecule has 0 saturated carbocycles. The van der Waals surface area contributed by atoms with Gasteiger partial charge in [-0.1, -0.05) is 33.3 Å². The third-order valence-corrected chi connectivity index (χ3v) is 3.92. The molecule has 3 aromatic rings. The van der Waals surface area contributed by atoms with E-state index >= 15 is 0 Å². The molecule has 3 rings (SSSR count). The summed E-state index contributed by atoms with van der Waals surface area (Å²) >= 11 is 5.04. The number of anilines is 3. The number of benzene rings is 2. The van der Waals surface area contributed by atoms with Crippen molar-refractivity contribution in [1.82, 2.24) is 4.98 Å². The zero-order chi connectivity index (χ0) is 12.5. The van der Waals surface area contributed by atoms with Gasteiger partial charge in [-0.05, 0) is 36.4 Å². The maximum absolute atomic E-state index is 5.76. The first-order chi connectivity index (χ1) is 8.70. The number of rotatable bonds is 2. The van der Waals surface area contributed by atoms with E-state index in [0.717, 1.165) is 31.2 Å². The van der Waals surface area contributed by atoms with Crippen molar-refractivity contribution in [2.24, 2.45) is 0 Å². The first kappa shape index (κ1) is 11.5. The fraction of sp³-hybridized carbons (Fsp3) is 0. The summed E-state index contributed by atoms with van der Waals surface area (Å²) in [6.07, 6.45) is 0. The molecule has 3 N–H and O–H groups in total. The minimum absolute atomic E-state index is 0.764. The van der Waals surface area contributed by atoms with Gasteiger partial charge in [-0.3, -0.25) is 0 Å². The number of nitrogens with two attached hydrogens (primary N) is 1. The molecule has 0 aliphatic heterocycles. The lowest BCUT2D eigenvalue weighted by Gasteiger charge is -2.01. The van der Waals surface area contributed by atoms with Crippen LogP contribution in [0.1, 0.15) is 0 Å². The van der Waals surface area contributed by atoms with E-state index in [9.17, 15) is 0 Å². The van der Waals surface area contributed by atoms with Gasteiger partial charge in [-0.15, -0.1) is 0 Å². The Kier molecular flexibility index (Phi) is 2.93. The van der Waals surface area contributed by atoms with Gasteiger partial charge in [0, 0.05) is 15.8 Å². The molecule has 0 unspecified atom stereocenters. The van der Waals surface area contributed by atoms with Crippen LogP contribution in [0.25, 0.3) is 10.2 Å². The van der Waals surface area contributed by atoms with Crippen molar-refractivity contribution in [3.63, 3.8) is 0 Å². The van der Waals surface area contributed by atoms with Gasteiger partial charge in [0.05, 0.1) is 10.2 Å². The summed E-state index contributed by atoms with van der Waals surface area (Å²) in [5.74, 6) is 0. The first-order valence-electron chi connectivity index (χ1n) is 5.39. The summed E-state index contributed by atoms with van der Waals surface area (Å²) in [4.78, 5) is 4.52. The molecule has 0 bridgehead atoms. The van der Waals surface area contributed by atoms with Gasteiger partial charge in [-0.2, -0.15) is 0 Å². The monoisotopic (exact) mass is 319 g/mol. The summed E-state index contributed by atoms with van der Waals surface area (Å²) in [6, 6.07) is 13.7. The Morgan fingerprint density at radius 3 is 2.89 bits per heavy atom. The molecule has 0 aliphatic rings. The molecule has 0 amide bonds. The summed E-state index contributed by atoms with van der Waals surface area (Å²) in [6.45, 7) is 0. The van der Waals surface area contributed by atoms with Crippen molar-refractivity contribution in [2.45, 2.75) is 0 Å². The van der Waals surface area contributed by atoms with Crippen LogP contribution in [0.5, 0.6) is 0 Å². The Morgan fingerprint density at radius 1 is 1.17 bits per heavy atom. The van der Waals surface area contributed by atoms with Crippen LogP contribution in [0.2, 0.25) is 0 Å². The van der Waals surface area contributed by atoms with Crippen molar-refractivity contribution < 1.29 is 0 Å². The summed E-state index contributed by atoms with van der Waals surface area (Å²) in [7, 11) is 0.